The number of H-pyrrole nitrogens is 1. The van der Waals surface area contributed by atoms with E-state index in [0.29, 0.717) is 0 Å². The highest BCUT2D eigenvalue weighted by molar-refractivity contribution is 7.18. The van der Waals surface area contributed by atoms with E-state index in [-0.39, 0.29) is 30.4 Å². The Kier molecular flexibility index (Phi) is 6.45. The monoisotopic (exact) mass is 376 g/mol. The molecule has 2 aromatic heterocycles. The van der Waals surface area contributed by atoms with Crippen molar-refractivity contribution in [2.75, 3.05) is 26.2 Å². The van der Waals surface area contributed by atoms with Crippen molar-refractivity contribution in [3.8, 4) is 0 Å². The number of hydrogen-bond acceptors (Lipinski definition) is 5. The number of hydrogen-bond donors (Lipinski definition) is 2. The number of piperazine rings is 1. The number of aryl methyl sites for hydroxylation is 2. The maximum Gasteiger partial charge on any atom is 0.259 e. The quantitative estimate of drug-likeness (QED) is 0.842. The molecule has 2 N–H and O–H groups in total. The second-order valence-electron chi connectivity index (χ2n) is 5.93. The summed E-state index contributed by atoms with van der Waals surface area (Å²) >= 11 is 1.73. The van der Waals surface area contributed by atoms with Gasteiger partial charge in [-0.2, -0.15) is 0 Å². The lowest BCUT2D eigenvalue weighted by atomic mass is 9.97. The van der Waals surface area contributed by atoms with Gasteiger partial charge < -0.3 is 10.3 Å². The highest BCUT2D eigenvalue weighted by Crippen LogP contribution is 2.33. The molecule has 3 heterocycles. The highest BCUT2D eigenvalue weighted by atomic mass is 35.5. The van der Waals surface area contributed by atoms with Crippen LogP contribution in [0.2, 0.25) is 0 Å². The van der Waals surface area contributed by atoms with Crippen molar-refractivity contribution in [3.63, 3.8) is 0 Å². The summed E-state index contributed by atoms with van der Waals surface area (Å²) in [4.78, 5) is 24.9. The Bertz CT molecular complexity index is 724. The first-order valence-corrected chi connectivity index (χ1v) is 8.59. The van der Waals surface area contributed by atoms with Crippen LogP contribution in [0, 0.1) is 0 Å². The van der Waals surface area contributed by atoms with E-state index in [1.807, 2.05) is 0 Å². The zero-order valence-electron chi connectivity index (χ0n) is 12.9. The minimum atomic E-state index is 0. The van der Waals surface area contributed by atoms with Crippen molar-refractivity contribution in [1.82, 2.24) is 20.2 Å². The van der Waals surface area contributed by atoms with E-state index in [1.54, 1.807) is 11.3 Å². The van der Waals surface area contributed by atoms with Gasteiger partial charge in [-0.1, -0.05) is 0 Å². The van der Waals surface area contributed by atoms with Crippen LogP contribution in [0.15, 0.2) is 4.79 Å². The van der Waals surface area contributed by atoms with Gasteiger partial charge in [0.15, 0.2) is 0 Å². The second kappa shape index (κ2) is 7.94. The van der Waals surface area contributed by atoms with Crippen molar-refractivity contribution < 1.29 is 0 Å². The maximum absolute atomic E-state index is 12.5. The molecule has 1 fully saturated rings. The van der Waals surface area contributed by atoms with Gasteiger partial charge in [-0.05, 0) is 31.2 Å². The molecule has 0 spiro atoms. The summed E-state index contributed by atoms with van der Waals surface area (Å²) in [6.45, 7) is 4.81. The molecule has 8 heteroatoms. The zero-order valence-corrected chi connectivity index (χ0v) is 15.3. The molecule has 0 amide bonds. The Morgan fingerprint density at radius 2 is 1.87 bits per heavy atom. The molecule has 23 heavy (non-hydrogen) atoms. The average molecular weight is 377 g/mol. The number of rotatable bonds is 2. The molecule has 0 atom stereocenters. The largest absolute Gasteiger partial charge is 0.314 e. The number of halogens is 2. The fourth-order valence-electron chi connectivity index (χ4n) is 3.36. The topological polar surface area (TPSA) is 61.0 Å². The molecule has 4 rings (SSSR count). The van der Waals surface area contributed by atoms with Crippen molar-refractivity contribution in [2.45, 2.75) is 32.2 Å². The van der Waals surface area contributed by atoms with Crippen LogP contribution in [0.5, 0.6) is 0 Å². The number of nitrogens with one attached hydrogen (secondary N) is 2. The first-order valence-electron chi connectivity index (χ1n) is 7.78. The van der Waals surface area contributed by atoms with Crippen LogP contribution in [0.1, 0.15) is 29.1 Å². The van der Waals surface area contributed by atoms with E-state index in [4.69, 9.17) is 4.98 Å². The van der Waals surface area contributed by atoms with Crippen LogP contribution < -0.4 is 10.9 Å². The molecule has 0 aromatic carbocycles. The number of fused-ring (bicyclic) bond motifs is 3. The van der Waals surface area contributed by atoms with Gasteiger partial charge in [0.1, 0.15) is 10.7 Å². The summed E-state index contributed by atoms with van der Waals surface area (Å²) in [5.74, 6) is 0.813. The summed E-state index contributed by atoms with van der Waals surface area (Å²) < 4.78 is 0. The van der Waals surface area contributed by atoms with Gasteiger partial charge in [0.05, 0.1) is 11.9 Å². The van der Waals surface area contributed by atoms with E-state index < -0.39 is 0 Å². The van der Waals surface area contributed by atoms with Crippen molar-refractivity contribution in [3.05, 3.63) is 26.6 Å². The molecule has 0 saturated carbocycles. The molecule has 2 aliphatic rings. The van der Waals surface area contributed by atoms with Crippen LogP contribution in [-0.2, 0) is 19.4 Å². The van der Waals surface area contributed by atoms with Crippen molar-refractivity contribution >= 4 is 46.4 Å². The molecule has 1 saturated heterocycles. The molecular weight excluding hydrogens is 355 g/mol. The molecule has 2 aromatic rings. The van der Waals surface area contributed by atoms with Crippen LogP contribution in [0.3, 0.4) is 0 Å². The normalized spacial score (nSPS) is 18.1. The third-order valence-corrected chi connectivity index (χ3v) is 5.64. The maximum atomic E-state index is 12.5. The lowest BCUT2D eigenvalue weighted by molar-refractivity contribution is 0.228. The summed E-state index contributed by atoms with van der Waals surface area (Å²) in [5, 5.41) is 4.20. The third-order valence-electron chi connectivity index (χ3n) is 4.46. The zero-order chi connectivity index (χ0) is 14.2. The molecule has 0 radical (unpaired) electrons. The molecule has 1 aliphatic heterocycles. The lowest BCUT2D eigenvalue weighted by Crippen LogP contribution is -2.43. The number of aromatic amines is 1. The van der Waals surface area contributed by atoms with Crippen molar-refractivity contribution in [1.29, 1.82) is 0 Å². The van der Waals surface area contributed by atoms with Crippen LogP contribution in [0.4, 0.5) is 0 Å². The lowest BCUT2D eigenvalue weighted by Gasteiger charge is -2.26. The molecule has 0 unspecified atom stereocenters. The predicted molar refractivity (Wildman–Crippen MR) is 99.5 cm³/mol. The van der Waals surface area contributed by atoms with Crippen LogP contribution in [0.25, 0.3) is 10.2 Å². The van der Waals surface area contributed by atoms with Gasteiger partial charge in [0, 0.05) is 31.1 Å². The first-order chi connectivity index (χ1) is 10.3. The minimum absolute atomic E-state index is 0. The Labute approximate surface area is 151 Å². The number of aromatic nitrogens is 2. The minimum Gasteiger partial charge on any atom is -0.314 e. The molecule has 0 bridgehead atoms. The van der Waals surface area contributed by atoms with Gasteiger partial charge in [-0.15, -0.1) is 36.2 Å². The van der Waals surface area contributed by atoms with E-state index in [9.17, 15) is 4.79 Å². The summed E-state index contributed by atoms with van der Waals surface area (Å²) in [6, 6.07) is 0. The Morgan fingerprint density at radius 1 is 1.13 bits per heavy atom. The summed E-state index contributed by atoms with van der Waals surface area (Å²) in [6.07, 6.45) is 4.59. The van der Waals surface area contributed by atoms with E-state index in [0.717, 1.165) is 61.6 Å². The van der Waals surface area contributed by atoms with E-state index in [2.05, 4.69) is 15.2 Å². The van der Waals surface area contributed by atoms with Crippen LogP contribution >= 0.6 is 36.2 Å². The Morgan fingerprint density at radius 3 is 2.65 bits per heavy atom. The van der Waals surface area contributed by atoms with Gasteiger partial charge in [0.25, 0.3) is 5.56 Å². The molecule has 1 aliphatic carbocycles. The van der Waals surface area contributed by atoms with E-state index in [1.165, 1.54) is 23.3 Å². The van der Waals surface area contributed by atoms with Gasteiger partial charge >= 0.3 is 0 Å². The van der Waals surface area contributed by atoms with Gasteiger partial charge in [0.2, 0.25) is 0 Å². The summed E-state index contributed by atoms with van der Waals surface area (Å²) in [7, 11) is 0. The Balaban J connectivity index is 0.000000960. The molecule has 128 valence electrons. The molecular formula is C15H22Cl2N4OS. The summed E-state index contributed by atoms with van der Waals surface area (Å²) in [5.41, 5.74) is 1.33. The third kappa shape index (κ3) is 3.72. The fraction of sp³-hybridized carbons (Fsp3) is 0.600. The standard InChI is InChI=1S/C15H20N4OS.2ClH/c20-14-13-10-3-1-2-4-11(10)21-15(13)18-12(17-14)9-19-7-5-16-6-8-19;;/h16H,1-9H2,(H,17,18,20);2*1H. The smallest absolute Gasteiger partial charge is 0.259 e. The highest BCUT2D eigenvalue weighted by Gasteiger charge is 2.20. The fourth-order valence-corrected chi connectivity index (χ4v) is 4.65. The van der Waals surface area contributed by atoms with Crippen LogP contribution in [-0.4, -0.2) is 41.0 Å². The second-order valence-corrected chi connectivity index (χ2v) is 7.01. The first kappa shape index (κ1) is 18.7. The molecule has 5 nitrogen and oxygen atoms in total. The number of nitrogens with zero attached hydrogens (tertiary/aromatic N) is 2. The van der Waals surface area contributed by atoms with E-state index >= 15 is 0 Å². The SMILES string of the molecule is Cl.Cl.O=c1[nH]c(CN2CCNCC2)nc2sc3c(c12)CCCC3. The average Bonchev–Trinajstić information content (AvgIpc) is 2.87. The predicted octanol–water partition coefficient (Wildman–Crippen LogP) is 2.11. The van der Waals surface area contributed by atoms with Gasteiger partial charge in [-0.3, -0.25) is 9.69 Å². The van der Waals surface area contributed by atoms with Crippen molar-refractivity contribution in [2.24, 2.45) is 0 Å². The number of thiophene rings is 1. The Hall–Kier alpha value is -0.660. The van der Waals surface area contributed by atoms with Gasteiger partial charge in [-0.25, -0.2) is 4.98 Å².